The number of nitrogens with two attached hydrogens (primary N) is 1. The van der Waals surface area contributed by atoms with Crippen molar-refractivity contribution >= 4 is 11.5 Å². The summed E-state index contributed by atoms with van der Waals surface area (Å²) in [6.07, 6.45) is 7.32. The summed E-state index contributed by atoms with van der Waals surface area (Å²) >= 11 is 0. The summed E-state index contributed by atoms with van der Waals surface area (Å²) in [5.41, 5.74) is 10.5. The molecule has 4 heteroatoms. The Labute approximate surface area is 147 Å². The maximum absolute atomic E-state index is 12.3. The number of hydrogen-bond acceptors (Lipinski definition) is 3. The topological polar surface area (TPSA) is 67.1 Å². The second-order valence-corrected chi connectivity index (χ2v) is 5.76. The largest absolute Gasteiger partial charge is 0.405 e. The highest BCUT2D eigenvalue weighted by molar-refractivity contribution is 5.94. The molecule has 0 fully saturated rings. The Morgan fingerprint density at radius 2 is 1.88 bits per heavy atom. The van der Waals surface area contributed by atoms with E-state index in [1.807, 2.05) is 72.9 Å². The Kier molecular flexibility index (Phi) is 5.32. The van der Waals surface area contributed by atoms with E-state index in [0.29, 0.717) is 12.1 Å². The van der Waals surface area contributed by atoms with Crippen molar-refractivity contribution in [2.24, 2.45) is 5.73 Å². The molecule has 126 valence electrons. The minimum atomic E-state index is -0.0734. The first-order chi connectivity index (χ1) is 12.3. The molecule has 0 atom stereocenters. The second-order valence-electron chi connectivity index (χ2n) is 5.76. The normalized spacial score (nSPS) is 15.2. The predicted octanol–water partition coefficient (Wildman–Crippen LogP) is 2.96. The molecule has 4 N–H and O–H groups in total. The van der Waals surface area contributed by atoms with Crippen LogP contribution in [0.4, 0.5) is 0 Å². The van der Waals surface area contributed by atoms with Crippen LogP contribution in [0.25, 0.3) is 5.57 Å². The SMILES string of the molecule is N/C=C\C=C1/CNC=C1c1ccc(C(=O)NCc2ccccc2)cc1. The molecule has 1 amide bonds. The number of benzene rings is 2. The number of allylic oxidation sites excluding steroid dienone is 2. The molecule has 25 heavy (non-hydrogen) atoms. The van der Waals surface area contributed by atoms with Gasteiger partial charge in [0.05, 0.1) is 0 Å². The van der Waals surface area contributed by atoms with Crippen molar-refractivity contribution in [3.63, 3.8) is 0 Å². The maximum atomic E-state index is 12.3. The fourth-order valence-corrected chi connectivity index (χ4v) is 2.72. The number of hydrogen-bond donors (Lipinski definition) is 3. The van der Waals surface area contributed by atoms with Crippen molar-refractivity contribution in [1.29, 1.82) is 0 Å². The number of amides is 1. The molecule has 0 saturated carbocycles. The minimum Gasteiger partial charge on any atom is -0.405 e. The first-order valence-corrected chi connectivity index (χ1v) is 8.22. The van der Waals surface area contributed by atoms with Crippen LogP contribution in [0.15, 0.2) is 84.7 Å². The van der Waals surface area contributed by atoms with Crippen LogP contribution in [-0.4, -0.2) is 12.5 Å². The van der Waals surface area contributed by atoms with E-state index >= 15 is 0 Å². The van der Waals surface area contributed by atoms with Crippen LogP contribution >= 0.6 is 0 Å². The van der Waals surface area contributed by atoms with Gasteiger partial charge in [-0.2, -0.15) is 0 Å². The van der Waals surface area contributed by atoms with Crippen LogP contribution in [-0.2, 0) is 6.54 Å². The fraction of sp³-hybridized carbons (Fsp3) is 0.0952. The van der Waals surface area contributed by atoms with Crippen molar-refractivity contribution in [2.75, 3.05) is 6.54 Å². The summed E-state index contributed by atoms with van der Waals surface area (Å²) < 4.78 is 0. The zero-order valence-corrected chi connectivity index (χ0v) is 13.9. The molecule has 2 aromatic carbocycles. The third kappa shape index (κ3) is 4.18. The van der Waals surface area contributed by atoms with Gasteiger partial charge in [-0.25, -0.2) is 0 Å². The fourth-order valence-electron chi connectivity index (χ4n) is 2.72. The number of carbonyl (C=O) groups is 1. The molecule has 0 unspecified atom stereocenters. The van der Waals surface area contributed by atoms with E-state index in [2.05, 4.69) is 10.6 Å². The summed E-state index contributed by atoms with van der Waals surface area (Å²) in [5, 5.41) is 6.16. The monoisotopic (exact) mass is 331 g/mol. The number of carbonyl (C=O) groups excluding carboxylic acids is 1. The summed E-state index contributed by atoms with van der Waals surface area (Å²) in [6.45, 7) is 1.30. The van der Waals surface area contributed by atoms with Crippen molar-refractivity contribution in [2.45, 2.75) is 6.54 Å². The second kappa shape index (κ2) is 8.02. The Hall–Kier alpha value is -3.27. The van der Waals surface area contributed by atoms with Crippen LogP contribution in [0, 0.1) is 0 Å². The summed E-state index contributed by atoms with van der Waals surface area (Å²) in [7, 11) is 0. The van der Waals surface area contributed by atoms with Crippen LogP contribution in [0.3, 0.4) is 0 Å². The summed E-state index contributed by atoms with van der Waals surface area (Å²) in [4.78, 5) is 12.3. The van der Waals surface area contributed by atoms with E-state index in [1.54, 1.807) is 0 Å². The van der Waals surface area contributed by atoms with Crippen molar-refractivity contribution in [1.82, 2.24) is 10.6 Å². The van der Waals surface area contributed by atoms with Gasteiger partial charge < -0.3 is 16.4 Å². The maximum Gasteiger partial charge on any atom is 0.251 e. The third-order valence-corrected chi connectivity index (χ3v) is 4.05. The van der Waals surface area contributed by atoms with E-state index < -0.39 is 0 Å². The molecule has 4 nitrogen and oxygen atoms in total. The lowest BCUT2D eigenvalue weighted by atomic mass is 9.99. The highest BCUT2D eigenvalue weighted by atomic mass is 16.1. The lowest BCUT2D eigenvalue weighted by Crippen LogP contribution is -2.22. The van der Waals surface area contributed by atoms with E-state index in [9.17, 15) is 4.79 Å². The van der Waals surface area contributed by atoms with Crippen LogP contribution in [0.2, 0.25) is 0 Å². The van der Waals surface area contributed by atoms with Gasteiger partial charge in [-0.15, -0.1) is 0 Å². The average molecular weight is 331 g/mol. The third-order valence-electron chi connectivity index (χ3n) is 4.05. The number of nitrogens with one attached hydrogen (secondary N) is 2. The van der Waals surface area contributed by atoms with Crippen LogP contribution < -0.4 is 16.4 Å². The molecule has 0 aromatic heterocycles. The smallest absolute Gasteiger partial charge is 0.251 e. The molecule has 0 saturated heterocycles. The highest BCUT2D eigenvalue weighted by Crippen LogP contribution is 2.26. The van der Waals surface area contributed by atoms with Gasteiger partial charge in [-0.3, -0.25) is 4.79 Å². The van der Waals surface area contributed by atoms with E-state index in [1.165, 1.54) is 11.8 Å². The lowest BCUT2D eigenvalue weighted by Gasteiger charge is -2.08. The van der Waals surface area contributed by atoms with E-state index in [0.717, 1.165) is 23.2 Å². The Bertz CT molecular complexity index is 818. The predicted molar refractivity (Wildman–Crippen MR) is 101 cm³/mol. The molecule has 1 heterocycles. The molecular weight excluding hydrogens is 310 g/mol. The molecule has 0 spiro atoms. The van der Waals surface area contributed by atoms with Crippen LogP contribution in [0.1, 0.15) is 21.5 Å². The first kappa shape index (κ1) is 16.6. The van der Waals surface area contributed by atoms with Gasteiger partial charge in [0.1, 0.15) is 0 Å². The Balaban J connectivity index is 1.67. The molecule has 0 aliphatic carbocycles. The Morgan fingerprint density at radius 1 is 1.12 bits per heavy atom. The zero-order chi connectivity index (χ0) is 17.5. The first-order valence-electron chi connectivity index (χ1n) is 8.22. The lowest BCUT2D eigenvalue weighted by molar-refractivity contribution is 0.0951. The summed E-state index contributed by atoms with van der Waals surface area (Å²) in [5.74, 6) is -0.0734. The molecule has 1 aliphatic rings. The molecule has 2 aromatic rings. The highest BCUT2D eigenvalue weighted by Gasteiger charge is 2.13. The molecule has 0 bridgehead atoms. The van der Waals surface area contributed by atoms with Gasteiger partial charge in [-0.05, 0) is 41.1 Å². The standard InChI is InChI=1S/C21H21N3O/c22-12-4-7-19-14-23-15-20(19)17-8-10-18(11-9-17)21(25)24-13-16-5-2-1-3-6-16/h1-12,15,23H,13-14,22H2,(H,24,25)/b12-4-,19-7+. The van der Waals surface area contributed by atoms with Gasteiger partial charge in [-0.1, -0.05) is 48.5 Å². The zero-order valence-electron chi connectivity index (χ0n) is 13.9. The molecule has 0 radical (unpaired) electrons. The van der Waals surface area contributed by atoms with E-state index in [-0.39, 0.29) is 5.91 Å². The molecular formula is C21H21N3O. The Morgan fingerprint density at radius 3 is 2.60 bits per heavy atom. The van der Waals surface area contributed by atoms with Crippen molar-refractivity contribution in [3.05, 3.63) is 101 Å². The van der Waals surface area contributed by atoms with Gasteiger partial charge in [0.25, 0.3) is 5.91 Å². The van der Waals surface area contributed by atoms with Crippen LogP contribution in [0.5, 0.6) is 0 Å². The number of rotatable bonds is 5. The molecule has 1 aliphatic heterocycles. The quantitative estimate of drug-likeness (QED) is 0.789. The van der Waals surface area contributed by atoms with Gasteiger partial charge in [0, 0.05) is 30.4 Å². The molecule has 3 rings (SSSR count). The van der Waals surface area contributed by atoms with Crippen molar-refractivity contribution in [3.8, 4) is 0 Å². The average Bonchev–Trinajstić information content (AvgIpc) is 3.14. The van der Waals surface area contributed by atoms with Crippen molar-refractivity contribution < 1.29 is 4.79 Å². The van der Waals surface area contributed by atoms with Gasteiger partial charge in [0.15, 0.2) is 0 Å². The minimum absolute atomic E-state index is 0.0734. The van der Waals surface area contributed by atoms with E-state index in [4.69, 9.17) is 5.73 Å². The van der Waals surface area contributed by atoms with Gasteiger partial charge in [0.2, 0.25) is 0 Å². The summed E-state index contributed by atoms with van der Waals surface area (Å²) in [6, 6.07) is 17.5. The van der Waals surface area contributed by atoms with Gasteiger partial charge >= 0.3 is 0 Å².